The summed E-state index contributed by atoms with van der Waals surface area (Å²) in [7, 11) is 1.60. The fraction of sp³-hybridized carbons (Fsp3) is 0.611. The van der Waals surface area contributed by atoms with Gasteiger partial charge in [-0.3, -0.25) is 0 Å². The van der Waals surface area contributed by atoms with E-state index in [2.05, 4.69) is 29.4 Å². The van der Waals surface area contributed by atoms with E-state index in [4.69, 9.17) is 28.6 Å². The van der Waals surface area contributed by atoms with Gasteiger partial charge >= 0.3 is 0 Å². The first-order valence-electron chi connectivity index (χ1n) is 8.58. The smallest absolute Gasteiger partial charge is 0.170 e. The molecule has 1 aromatic carbocycles. The van der Waals surface area contributed by atoms with Gasteiger partial charge in [-0.05, 0) is 61.6 Å². The molecule has 0 saturated carbocycles. The van der Waals surface area contributed by atoms with Crippen LogP contribution in [0.3, 0.4) is 0 Å². The number of rotatable bonds is 6. The predicted molar refractivity (Wildman–Crippen MR) is 106 cm³/mol. The Morgan fingerprint density at radius 3 is 2.67 bits per heavy atom. The van der Waals surface area contributed by atoms with Crippen LogP contribution in [0.15, 0.2) is 18.2 Å². The molecule has 6 heteroatoms. The number of methoxy groups -OCH3 is 1. The zero-order chi connectivity index (χ0) is 17.5. The van der Waals surface area contributed by atoms with E-state index in [1.807, 2.05) is 18.2 Å². The van der Waals surface area contributed by atoms with Crippen LogP contribution in [0.1, 0.15) is 26.7 Å². The second-order valence-electron chi connectivity index (χ2n) is 6.79. The lowest BCUT2D eigenvalue weighted by molar-refractivity contribution is 0.140. The summed E-state index contributed by atoms with van der Waals surface area (Å²) in [5.41, 5.74) is 0.858. The van der Waals surface area contributed by atoms with Gasteiger partial charge in [-0.15, -0.1) is 0 Å². The van der Waals surface area contributed by atoms with Crippen LogP contribution >= 0.6 is 23.8 Å². The van der Waals surface area contributed by atoms with Crippen molar-refractivity contribution in [3.05, 3.63) is 23.2 Å². The SMILES string of the molecule is COc1ccc(NC(=S)NCCCN2C[C@@H](C)C[C@H](C)C2)cc1Cl. The number of thiocarbonyl (C=S) groups is 1. The van der Waals surface area contributed by atoms with Crippen LogP contribution in [0, 0.1) is 11.8 Å². The normalized spacial score (nSPS) is 21.3. The Kier molecular flexibility index (Phi) is 7.59. The van der Waals surface area contributed by atoms with Crippen LogP contribution in [0.25, 0.3) is 0 Å². The third-order valence-electron chi connectivity index (χ3n) is 4.29. The van der Waals surface area contributed by atoms with Crippen molar-refractivity contribution in [3.8, 4) is 5.75 Å². The van der Waals surface area contributed by atoms with E-state index in [0.717, 1.165) is 37.0 Å². The highest BCUT2D eigenvalue weighted by Crippen LogP contribution is 2.27. The molecule has 0 radical (unpaired) electrons. The second kappa shape index (κ2) is 9.44. The Balaban J connectivity index is 1.67. The molecule has 0 aliphatic carbocycles. The molecule has 0 bridgehead atoms. The van der Waals surface area contributed by atoms with Crippen molar-refractivity contribution in [3.63, 3.8) is 0 Å². The maximum absolute atomic E-state index is 6.12. The number of nitrogens with one attached hydrogen (secondary N) is 2. The summed E-state index contributed by atoms with van der Waals surface area (Å²) in [6, 6.07) is 5.53. The molecule has 0 aromatic heterocycles. The zero-order valence-corrected chi connectivity index (χ0v) is 16.3. The molecule has 0 spiro atoms. The van der Waals surface area contributed by atoms with E-state index in [1.54, 1.807) is 7.11 Å². The Hall–Kier alpha value is -1.04. The van der Waals surface area contributed by atoms with Crippen molar-refractivity contribution in [1.29, 1.82) is 0 Å². The van der Waals surface area contributed by atoms with E-state index < -0.39 is 0 Å². The summed E-state index contributed by atoms with van der Waals surface area (Å²) in [5, 5.41) is 7.60. The summed E-state index contributed by atoms with van der Waals surface area (Å²) in [5.74, 6) is 2.28. The largest absolute Gasteiger partial charge is 0.495 e. The van der Waals surface area contributed by atoms with Crippen LogP contribution in [-0.2, 0) is 0 Å². The van der Waals surface area contributed by atoms with Gasteiger partial charge in [0, 0.05) is 25.3 Å². The van der Waals surface area contributed by atoms with Gasteiger partial charge < -0.3 is 20.3 Å². The van der Waals surface area contributed by atoms with Gasteiger partial charge in [0.15, 0.2) is 5.11 Å². The van der Waals surface area contributed by atoms with E-state index >= 15 is 0 Å². The maximum Gasteiger partial charge on any atom is 0.170 e. The van der Waals surface area contributed by atoms with E-state index in [-0.39, 0.29) is 0 Å². The molecule has 1 saturated heterocycles. The highest BCUT2D eigenvalue weighted by atomic mass is 35.5. The molecule has 1 aliphatic rings. The molecule has 1 aliphatic heterocycles. The summed E-state index contributed by atoms with van der Waals surface area (Å²) in [6.45, 7) is 9.13. The van der Waals surface area contributed by atoms with E-state index in [9.17, 15) is 0 Å². The first-order chi connectivity index (χ1) is 11.5. The summed E-state index contributed by atoms with van der Waals surface area (Å²) >= 11 is 11.5. The minimum atomic E-state index is 0.568. The summed E-state index contributed by atoms with van der Waals surface area (Å²) in [6.07, 6.45) is 2.44. The lowest BCUT2D eigenvalue weighted by Gasteiger charge is -2.35. The first kappa shape index (κ1) is 19.3. The molecule has 0 amide bonds. The van der Waals surface area contributed by atoms with Gasteiger partial charge in [-0.25, -0.2) is 0 Å². The Labute approximate surface area is 155 Å². The van der Waals surface area contributed by atoms with Crippen molar-refractivity contribution in [2.24, 2.45) is 11.8 Å². The molecular formula is C18H28ClN3OS. The molecule has 2 N–H and O–H groups in total. The molecule has 4 nitrogen and oxygen atoms in total. The minimum absolute atomic E-state index is 0.568. The highest BCUT2D eigenvalue weighted by Gasteiger charge is 2.20. The first-order valence-corrected chi connectivity index (χ1v) is 9.37. The van der Waals surface area contributed by atoms with Crippen molar-refractivity contribution >= 4 is 34.6 Å². The van der Waals surface area contributed by atoms with Gasteiger partial charge in [0.05, 0.1) is 12.1 Å². The van der Waals surface area contributed by atoms with E-state index in [0.29, 0.717) is 15.9 Å². The summed E-state index contributed by atoms with van der Waals surface area (Å²) in [4.78, 5) is 2.57. The topological polar surface area (TPSA) is 36.5 Å². The van der Waals surface area contributed by atoms with Crippen LogP contribution in [0.5, 0.6) is 5.75 Å². The quantitative estimate of drug-likeness (QED) is 0.585. The number of piperidine rings is 1. The fourth-order valence-corrected chi connectivity index (χ4v) is 3.88. The van der Waals surface area contributed by atoms with Gasteiger partial charge in [0.25, 0.3) is 0 Å². The third-order valence-corrected chi connectivity index (χ3v) is 4.83. The number of ether oxygens (including phenoxy) is 1. The highest BCUT2D eigenvalue weighted by molar-refractivity contribution is 7.80. The molecule has 1 aromatic rings. The molecule has 1 fully saturated rings. The number of anilines is 1. The van der Waals surface area contributed by atoms with Crippen molar-refractivity contribution < 1.29 is 4.74 Å². The molecule has 0 unspecified atom stereocenters. The Morgan fingerprint density at radius 2 is 2.04 bits per heavy atom. The van der Waals surface area contributed by atoms with Crippen molar-refractivity contribution in [2.75, 3.05) is 38.6 Å². The Morgan fingerprint density at radius 1 is 1.33 bits per heavy atom. The Bertz CT molecular complexity index is 545. The van der Waals surface area contributed by atoms with Gasteiger partial charge in [0.2, 0.25) is 0 Å². The van der Waals surface area contributed by atoms with Gasteiger partial charge in [-0.1, -0.05) is 25.4 Å². The predicted octanol–water partition coefficient (Wildman–Crippen LogP) is 4.00. The minimum Gasteiger partial charge on any atom is -0.495 e. The third kappa shape index (κ3) is 6.11. The molecule has 1 heterocycles. The monoisotopic (exact) mass is 369 g/mol. The number of benzene rings is 1. The molecule has 134 valence electrons. The van der Waals surface area contributed by atoms with Gasteiger partial charge in [-0.2, -0.15) is 0 Å². The lowest BCUT2D eigenvalue weighted by atomic mass is 9.92. The van der Waals surface area contributed by atoms with Crippen LogP contribution < -0.4 is 15.4 Å². The lowest BCUT2D eigenvalue weighted by Crippen LogP contribution is -2.40. The zero-order valence-electron chi connectivity index (χ0n) is 14.8. The molecular weight excluding hydrogens is 342 g/mol. The van der Waals surface area contributed by atoms with Gasteiger partial charge in [0.1, 0.15) is 5.75 Å². The second-order valence-corrected chi connectivity index (χ2v) is 7.60. The summed E-state index contributed by atoms with van der Waals surface area (Å²) < 4.78 is 5.14. The van der Waals surface area contributed by atoms with Crippen LogP contribution in [-0.4, -0.2) is 43.3 Å². The van der Waals surface area contributed by atoms with Crippen molar-refractivity contribution in [1.82, 2.24) is 10.2 Å². The number of hydrogen-bond donors (Lipinski definition) is 2. The van der Waals surface area contributed by atoms with Crippen molar-refractivity contribution in [2.45, 2.75) is 26.7 Å². The maximum atomic E-state index is 6.12. The average molecular weight is 370 g/mol. The molecule has 2 rings (SSSR count). The fourth-order valence-electron chi connectivity index (χ4n) is 3.40. The standard InChI is InChI=1S/C18H28ClN3OS/c1-13-9-14(2)12-22(11-13)8-4-7-20-18(24)21-15-5-6-17(23-3)16(19)10-15/h5-6,10,13-14H,4,7-9,11-12H2,1-3H3,(H2,20,21,24)/t13-,14-/m0/s1. The number of likely N-dealkylation sites (tertiary alicyclic amines) is 1. The number of nitrogens with zero attached hydrogens (tertiary/aromatic N) is 1. The van der Waals surface area contributed by atoms with E-state index in [1.165, 1.54) is 19.5 Å². The van der Waals surface area contributed by atoms with Crippen LogP contribution in [0.2, 0.25) is 5.02 Å². The number of hydrogen-bond acceptors (Lipinski definition) is 3. The average Bonchev–Trinajstić information content (AvgIpc) is 2.51. The van der Waals surface area contributed by atoms with Crippen LogP contribution in [0.4, 0.5) is 5.69 Å². The number of halogens is 1. The molecule has 2 atom stereocenters. The molecule has 24 heavy (non-hydrogen) atoms.